The van der Waals surface area contributed by atoms with E-state index in [1.165, 1.54) is 0 Å². The molecule has 0 aromatic carbocycles. The van der Waals surface area contributed by atoms with Gasteiger partial charge in [0.2, 0.25) is 0 Å². The van der Waals surface area contributed by atoms with Crippen molar-refractivity contribution in [2.75, 3.05) is 39.9 Å². The highest BCUT2D eigenvalue weighted by molar-refractivity contribution is 5.79. The van der Waals surface area contributed by atoms with E-state index in [1.807, 2.05) is 4.57 Å². The fourth-order valence-corrected chi connectivity index (χ4v) is 2.96. The molecule has 1 unspecified atom stereocenters. The molecule has 136 valence electrons. The predicted octanol–water partition coefficient (Wildman–Crippen LogP) is 0.320. The fraction of sp³-hybridized carbons (Fsp3) is 0.812. The average Bonchev–Trinajstić information content (AvgIpc) is 3.06. The Bertz CT molecular complexity index is 508. The van der Waals surface area contributed by atoms with Crippen molar-refractivity contribution < 1.29 is 4.74 Å². The summed E-state index contributed by atoms with van der Waals surface area (Å²) >= 11 is 0. The standard InChI is InChI=1S/C16H31N7O/c1-5-22-12-20-21-15(22)11-19-16(17-4)18-10-14(13(2)3)23-6-8-24-9-7-23/h12-14H,5-11H2,1-4H3,(H2,17,18,19). The van der Waals surface area contributed by atoms with Crippen molar-refractivity contribution in [3.05, 3.63) is 12.2 Å². The van der Waals surface area contributed by atoms with Crippen LogP contribution in [0.5, 0.6) is 0 Å². The number of aliphatic imine (C=N–C) groups is 1. The van der Waals surface area contributed by atoms with Crippen LogP contribution in [0.15, 0.2) is 11.3 Å². The largest absolute Gasteiger partial charge is 0.379 e. The lowest BCUT2D eigenvalue weighted by Crippen LogP contribution is -2.52. The number of guanidine groups is 1. The normalized spacial score (nSPS) is 18.0. The monoisotopic (exact) mass is 337 g/mol. The maximum atomic E-state index is 5.46. The third kappa shape index (κ3) is 5.17. The average molecular weight is 337 g/mol. The van der Waals surface area contributed by atoms with Gasteiger partial charge in [-0.15, -0.1) is 10.2 Å². The number of nitrogens with zero attached hydrogens (tertiary/aromatic N) is 5. The van der Waals surface area contributed by atoms with Crippen LogP contribution in [0.3, 0.4) is 0 Å². The second-order valence-corrected chi connectivity index (χ2v) is 6.30. The Kier molecular flexibility index (Phi) is 7.45. The second-order valence-electron chi connectivity index (χ2n) is 6.30. The summed E-state index contributed by atoms with van der Waals surface area (Å²) in [6.45, 7) is 12.6. The van der Waals surface area contributed by atoms with Gasteiger partial charge < -0.3 is 19.9 Å². The minimum Gasteiger partial charge on any atom is -0.379 e. The first-order valence-corrected chi connectivity index (χ1v) is 8.78. The molecule has 8 heteroatoms. The zero-order chi connectivity index (χ0) is 17.4. The zero-order valence-corrected chi connectivity index (χ0v) is 15.3. The number of rotatable bonds is 7. The van der Waals surface area contributed by atoms with Crippen molar-refractivity contribution in [2.24, 2.45) is 10.9 Å². The highest BCUT2D eigenvalue weighted by Gasteiger charge is 2.23. The van der Waals surface area contributed by atoms with Gasteiger partial charge in [-0.05, 0) is 12.8 Å². The van der Waals surface area contributed by atoms with E-state index in [9.17, 15) is 0 Å². The molecule has 0 bridgehead atoms. The maximum Gasteiger partial charge on any atom is 0.191 e. The lowest BCUT2D eigenvalue weighted by Gasteiger charge is -2.37. The summed E-state index contributed by atoms with van der Waals surface area (Å²) < 4.78 is 7.48. The fourth-order valence-electron chi connectivity index (χ4n) is 2.96. The van der Waals surface area contributed by atoms with Crippen molar-refractivity contribution in [2.45, 2.75) is 39.9 Å². The van der Waals surface area contributed by atoms with Gasteiger partial charge in [0.05, 0.1) is 19.8 Å². The molecule has 0 aliphatic carbocycles. The Balaban J connectivity index is 1.84. The Morgan fingerprint density at radius 2 is 2.08 bits per heavy atom. The Hall–Kier alpha value is -1.67. The van der Waals surface area contributed by atoms with E-state index in [0.29, 0.717) is 18.5 Å². The lowest BCUT2D eigenvalue weighted by atomic mass is 10.0. The third-order valence-corrected chi connectivity index (χ3v) is 4.44. The Labute approximate surface area is 144 Å². The van der Waals surface area contributed by atoms with Crippen LogP contribution in [0, 0.1) is 5.92 Å². The summed E-state index contributed by atoms with van der Waals surface area (Å²) in [5.41, 5.74) is 0. The highest BCUT2D eigenvalue weighted by atomic mass is 16.5. The van der Waals surface area contributed by atoms with E-state index in [1.54, 1.807) is 13.4 Å². The van der Waals surface area contributed by atoms with Gasteiger partial charge >= 0.3 is 0 Å². The molecule has 2 rings (SSSR count). The van der Waals surface area contributed by atoms with Gasteiger partial charge in [-0.3, -0.25) is 9.89 Å². The van der Waals surface area contributed by atoms with Crippen molar-refractivity contribution in [3.63, 3.8) is 0 Å². The minimum absolute atomic E-state index is 0.465. The SMILES string of the molecule is CCn1cnnc1CNC(=NC)NCC(C(C)C)N1CCOCC1. The van der Waals surface area contributed by atoms with Crippen LogP contribution in [-0.4, -0.2) is 71.6 Å². The van der Waals surface area contributed by atoms with Gasteiger partial charge in [-0.25, -0.2) is 0 Å². The van der Waals surface area contributed by atoms with E-state index in [-0.39, 0.29) is 0 Å². The van der Waals surface area contributed by atoms with Gasteiger partial charge in [0.25, 0.3) is 0 Å². The Morgan fingerprint density at radius 3 is 2.71 bits per heavy atom. The van der Waals surface area contributed by atoms with Crippen molar-refractivity contribution >= 4 is 5.96 Å². The molecule has 0 amide bonds. The molecular formula is C16H31N7O. The van der Waals surface area contributed by atoms with Crippen LogP contribution in [0.25, 0.3) is 0 Å². The topological polar surface area (TPSA) is 79.6 Å². The summed E-state index contributed by atoms with van der Waals surface area (Å²) in [6, 6.07) is 0.465. The molecule has 2 N–H and O–H groups in total. The summed E-state index contributed by atoms with van der Waals surface area (Å²) in [5.74, 6) is 2.27. The minimum atomic E-state index is 0.465. The quantitative estimate of drug-likeness (QED) is 0.551. The van der Waals surface area contributed by atoms with Crippen LogP contribution >= 0.6 is 0 Å². The molecule has 1 saturated heterocycles. The van der Waals surface area contributed by atoms with E-state index in [4.69, 9.17) is 4.74 Å². The van der Waals surface area contributed by atoms with E-state index >= 15 is 0 Å². The van der Waals surface area contributed by atoms with Gasteiger partial charge in [0.1, 0.15) is 6.33 Å². The molecule has 1 aliphatic rings. The molecule has 8 nitrogen and oxygen atoms in total. The van der Waals surface area contributed by atoms with Crippen molar-refractivity contribution in [1.29, 1.82) is 0 Å². The molecular weight excluding hydrogens is 306 g/mol. The number of ether oxygens (including phenoxy) is 1. The van der Waals surface area contributed by atoms with E-state index in [0.717, 1.165) is 51.2 Å². The van der Waals surface area contributed by atoms with Crippen LogP contribution in [0.1, 0.15) is 26.6 Å². The number of aromatic nitrogens is 3. The smallest absolute Gasteiger partial charge is 0.191 e. The molecule has 1 aliphatic heterocycles. The molecule has 1 aromatic rings. The predicted molar refractivity (Wildman–Crippen MR) is 94.9 cm³/mol. The van der Waals surface area contributed by atoms with Crippen LogP contribution < -0.4 is 10.6 Å². The number of aryl methyl sites for hydroxylation is 1. The highest BCUT2D eigenvalue weighted by Crippen LogP contribution is 2.12. The van der Waals surface area contributed by atoms with Crippen molar-refractivity contribution in [3.8, 4) is 0 Å². The first-order chi connectivity index (χ1) is 11.7. The number of nitrogens with one attached hydrogen (secondary N) is 2. The van der Waals surface area contributed by atoms with Gasteiger partial charge in [-0.1, -0.05) is 13.8 Å². The molecule has 1 fully saturated rings. The number of hydrogen-bond donors (Lipinski definition) is 2. The second kappa shape index (κ2) is 9.58. The summed E-state index contributed by atoms with van der Waals surface area (Å²) in [7, 11) is 1.79. The van der Waals surface area contributed by atoms with Crippen LogP contribution in [0.4, 0.5) is 0 Å². The van der Waals surface area contributed by atoms with E-state index < -0.39 is 0 Å². The zero-order valence-electron chi connectivity index (χ0n) is 15.3. The maximum absolute atomic E-state index is 5.46. The number of morpholine rings is 1. The molecule has 0 spiro atoms. The molecule has 2 heterocycles. The van der Waals surface area contributed by atoms with Crippen LogP contribution in [-0.2, 0) is 17.8 Å². The van der Waals surface area contributed by atoms with Gasteiger partial charge in [-0.2, -0.15) is 0 Å². The molecule has 0 saturated carbocycles. The Morgan fingerprint density at radius 1 is 1.33 bits per heavy atom. The first-order valence-electron chi connectivity index (χ1n) is 8.78. The molecule has 0 radical (unpaired) electrons. The van der Waals surface area contributed by atoms with Crippen LogP contribution in [0.2, 0.25) is 0 Å². The lowest BCUT2D eigenvalue weighted by molar-refractivity contribution is 0.00752. The summed E-state index contributed by atoms with van der Waals surface area (Å²) in [6.07, 6.45) is 1.75. The van der Waals surface area contributed by atoms with Gasteiger partial charge in [0, 0.05) is 39.3 Å². The molecule has 1 aromatic heterocycles. The third-order valence-electron chi connectivity index (χ3n) is 4.44. The van der Waals surface area contributed by atoms with Gasteiger partial charge in [0.15, 0.2) is 11.8 Å². The van der Waals surface area contributed by atoms with E-state index in [2.05, 4.69) is 51.5 Å². The molecule has 1 atom stereocenters. The summed E-state index contributed by atoms with van der Waals surface area (Å²) in [4.78, 5) is 6.82. The first kappa shape index (κ1) is 18.7. The molecule has 24 heavy (non-hydrogen) atoms. The van der Waals surface area contributed by atoms with Crippen molar-refractivity contribution in [1.82, 2.24) is 30.3 Å². The summed E-state index contributed by atoms with van der Waals surface area (Å²) in [5, 5.41) is 14.8. The number of hydrogen-bond acceptors (Lipinski definition) is 5.